The third-order valence-corrected chi connectivity index (χ3v) is 6.30. The molecule has 6 nitrogen and oxygen atoms in total. The zero-order valence-electron chi connectivity index (χ0n) is 17.9. The van der Waals surface area contributed by atoms with Gasteiger partial charge in [0.2, 0.25) is 0 Å². The lowest BCUT2D eigenvalue weighted by Gasteiger charge is -2.28. The molecule has 2 heterocycles. The van der Waals surface area contributed by atoms with Crippen molar-refractivity contribution in [3.8, 4) is 6.07 Å². The Morgan fingerprint density at radius 3 is 2.34 bits per heavy atom. The van der Waals surface area contributed by atoms with Crippen molar-refractivity contribution in [1.29, 1.82) is 5.26 Å². The van der Waals surface area contributed by atoms with Crippen LogP contribution in [0.4, 0.5) is 5.82 Å². The first-order valence-corrected chi connectivity index (χ1v) is 11.1. The van der Waals surface area contributed by atoms with Crippen LogP contribution in [0.15, 0.2) is 9.70 Å². The summed E-state index contributed by atoms with van der Waals surface area (Å²) in [7, 11) is 0. The molecule has 0 spiro atoms. The molecule has 0 aliphatic carbocycles. The Hall–Kier alpha value is -2.11. The Labute approximate surface area is 182 Å². The van der Waals surface area contributed by atoms with Gasteiger partial charge in [-0.3, -0.25) is 19.1 Å². The fraction of sp³-hybridized carbons (Fsp3) is 0.524. The van der Waals surface area contributed by atoms with Gasteiger partial charge in [-0.15, -0.1) is 0 Å². The van der Waals surface area contributed by atoms with Gasteiger partial charge in [0.1, 0.15) is 21.8 Å². The Morgan fingerprint density at radius 2 is 1.86 bits per heavy atom. The van der Waals surface area contributed by atoms with Gasteiger partial charge in [0, 0.05) is 31.7 Å². The lowest BCUT2D eigenvalue weighted by Crippen LogP contribution is -2.34. The number of nitriles is 1. The van der Waals surface area contributed by atoms with Crippen LogP contribution >= 0.6 is 24.0 Å². The number of aromatic nitrogens is 1. The van der Waals surface area contributed by atoms with Crippen LogP contribution in [0.2, 0.25) is 0 Å². The van der Waals surface area contributed by atoms with Gasteiger partial charge in [-0.2, -0.15) is 5.26 Å². The van der Waals surface area contributed by atoms with Crippen molar-refractivity contribution in [3.63, 3.8) is 0 Å². The molecule has 1 saturated heterocycles. The Balaban J connectivity index is 2.76. The Bertz CT molecular complexity index is 953. The van der Waals surface area contributed by atoms with Gasteiger partial charge in [-0.1, -0.05) is 37.8 Å². The second kappa shape index (κ2) is 9.59. The van der Waals surface area contributed by atoms with Crippen LogP contribution in [0.1, 0.15) is 51.3 Å². The summed E-state index contributed by atoms with van der Waals surface area (Å²) in [5.41, 5.74) is 1.15. The van der Waals surface area contributed by atoms with Crippen LogP contribution in [0.5, 0.6) is 0 Å². The normalized spacial score (nSPS) is 15.5. The number of thiocarbonyl (C=S) groups is 1. The van der Waals surface area contributed by atoms with E-state index in [1.54, 1.807) is 22.5 Å². The first kappa shape index (κ1) is 23.2. The minimum absolute atomic E-state index is 0.117. The van der Waals surface area contributed by atoms with Crippen LogP contribution in [-0.4, -0.2) is 39.3 Å². The van der Waals surface area contributed by atoms with Gasteiger partial charge in [-0.05, 0) is 45.3 Å². The first-order chi connectivity index (χ1) is 13.7. The predicted molar refractivity (Wildman–Crippen MR) is 124 cm³/mol. The first-order valence-electron chi connectivity index (χ1n) is 9.89. The number of carbonyl (C=O) groups excluding carboxylic acids is 1. The van der Waals surface area contributed by atoms with Crippen LogP contribution < -0.4 is 10.5 Å². The average Bonchev–Trinajstić information content (AvgIpc) is 2.93. The molecule has 0 bridgehead atoms. The molecule has 29 heavy (non-hydrogen) atoms. The Kier molecular flexibility index (Phi) is 7.66. The molecule has 0 atom stereocenters. The summed E-state index contributed by atoms with van der Waals surface area (Å²) in [4.78, 5) is 30.1. The lowest BCUT2D eigenvalue weighted by molar-refractivity contribution is -0.122. The highest BCUT2D eigenvalue weighted by Gasteiger charge is 2.33. The van der Waals surface area contributed by atoms with Gasteiger partial charge in [0.05, 0.1) is 4.91 Å². The molecule has 0 aromatic carbocycles. The number of anilines is 1. The van der Waals surface area contributed by atoms with Gasteiger partial charge >= 0.3 is 0 Å². The fourth-order valence-electron chi connectivity index (χ4n) is 3.45. The molecule has 1 aliphatic heterocycles. The number of hydrogen-bond acceptors (Lipinski definition) is 6. The molecule has 1 aromatic heterocycles. The number of hydrogen-bond donors (Lipinski definition) is 0. The van der Waals surface area contributed by atoms with Gasteiger partial charge in [-0.25, -0.2) is 0 Å². The number of nitrogens with zero attached hydrogens (tertiary/aromatic N) is 4. The minimum atomic E-state index is -0.293. The molecule has 0 saturated carbocycles. The van der Waals surface area contributed by atoms with Crippen LogP contribution in [0, 0.1) is 24.2 Å². The average molecular weight is 433 g/mol. The highest BCUT2D eigenvalue weighted by atomic mass is 32.2. The molecule has 1 amide bonds. The molecule has 0 N–H and O–H groups in total. The van der Waals surface area contributed by atoms with Crippen molar-refractivity contribution < 1.29 is 4.79 Å². The zero-order valence-corrected chi connectivity index (χ0v) is 19.5. The van der Waals surface area contributed by atoms with E-state index in [1.165, 1.54) is 11.8 Å². The highest BCUT2D eigenvalue weighted by Crippen LogP contribution is 2.36. The smallest absolute Gasteiger partial charge is 0.270 e. The van der Waals surface area contributed by atoms with E-state index in [-0.39, 0.29) is 17.0 Å². The lowest BCUT2D eigenvalue weighted by atomic mass is 10.0. The van der Waals surface area contributed by atoms with Crippen LogP contribution in [0.25, 0.3) is 6.08 Å². The summed E-state index contributed by atoms with van der Waals surface area (Å²) < 4.78 is 2.17. The monoisotopic (exact) mass is 432 g/mol. The van der Waals surface area contributed by atoms with Crippen molar-refractivity contribution in [3.05, 3.63) is 31.9 Å². The number of pyridine rings is 1. The second-order valence-electron chi connectivity index (χ2n) is 7.26. The number of thioether (sulfide) groups is 1. The van der Waals surface area contributed by atoms with E-state index in [1.807, 2.05) is 34.6 Å². The van der Waals surface area contributed by atoms with Crippen molar-refractivity contribution in [2.75, 3.05) is 24.5 Å². The molecular weight excluding hydrogens is 404 g/mol. The summed E-state index contributed by atoms with van der Waals surface area (Å²) in [6, 6.07) is 2.05. The molecule has 1 fully saturated rings. The van der Waals surface area contributed by atoms with Gasteiger partial charge in [0.25, 0.3) is 11.5 Å². The van der Waals surface area contributed by atoms with Gasteiger partial charge < -0.3 is 4.90 Å². The maximum atomic E-state index is 13.0. The summed E-state index contributed by atoms with van der Waals surface area (Å²) in [6.07, 6.45) is 1.80. The standard InChI is InChI=1S/C21H28N4O2S2/c1-7-23(8-2)18-15(14(6)16(11-22)19(26)24(18)9-3)10-17-20(27)25(12-13(4)5)21(28)29-17/h10,13H,7-9,12H2,1-6H3. The van der Waals surface area contributed by atoms with Crippen molar-refractivity contribution in [2.45, 2.75) is 48.1 Å². The van der Waals surface area contributed by atoms with E-state index >= 15 is 0 Å². The topological polar surface area (TPSA) is 69.3 Å². The van der Waals surface area contributed by atoms with E-state index in [2.05, 4.69) is 11.0 Å². The van der Waals surface area contributed by atoms with Gasteiger partial charge in [0.15, 0.2) is 0 Å². The molecule has 0 unspecified atom stereocenters. The molecular formula is C21H28N4O2S2. The summed E-state index contributed by atoms with van der Waals surface area (Å²) in [5, 5.41) is 9.58. The molecule has 156 valence electrons. The number of carbonyl (C=O) groups is 1. The van der Waals surface area contributed by atoms with E-state index in [0.29, 0.717) is 46.9 Å². The molecule has 8 heteroatoms. The zero-order chi connectivity index (χ0) is 21.9. The highest BCUT2D eigenvalue weighted by molar-refractivity contribution is 8.26. The summed E-state index contributed by atoms with van der Waals surface area (Å²) in [5.74, 6) is 0.927. The minimum Gasteiger partial charge on any atom is -0.358 e. The SMILES string of the molecule is CCN(CC)c1c(C=C2SC(=S)N(CC(C)C)C2=O)c(C)c(C#N)c(=O)n1CC. The van der Waals surface area contributed by atoms with E-state index in [0.717, 1.165) is 11.4 Å². The maximum Gasteiger partial charge on any atom is 0.270 e. The van der Waals surface area contributed by atoms with Crippen LogP contribution in [-0.2, 0) is 11.3 Å². The van der Waals surface area contributed by atoms with E-state index in [9.17, 15) is 14.9 Å². The van der Waals surface area contributed by atoms with Crippen LogP contribution in [0.3, 0.4) is 0 Å². The van der Waals surface area contributed by atoms with Crippen molar-refractivity contribution in [1.82, 2.24) is 9.47 Å². The van der Waals surface area contributed by atoms with Crippen molar-refractivity contribution >= 4 is 46.1 Å². The number of rotatable bonds is 7. The number of amides is 1. The van der Waals surface area contributed by atoms with E-state index in [4.69, 9.17) is 12.2 Å². The third kappa shape index (κ3) is 4.41. The van der Waals surface area contributed by atoms with E-state index < -0.39 is 0 Å². The molecule has 0 radical (unpaired) electrons. The molecule has 2 rings (SSSR count). The largest absolute Gasteiger partial charge is 0.358 e. The maximum absolute atomic E-state index is 13.0. The fourth-order valence-corrected chi connectivity index (χ4v) is 4.71. The molecule has 1 aromatic rings. The summed E-state index contributed by atoms with van der Waals surface area (Å²) in [6.45, 7) is 14.2. The summed E-state index contributed by atoms with van der Waals surface area (Å²) >= 11 is 6.69. The molecule has 1 aliphatic rings. The quantitative estimate of drug-likeness (QED) is 0.483. The Morgan fingerprint density at radius 1 is 1.24 bits per heavy atom. The third-order valence-electron chi connectivity index (χ3n) is 4.92. The predicted octanol–water partition coefficient (Wildman–Crippen LogP) is 3.75. The van der Waals surface area contributed by atoms with Crippen molar-refractivity contribution in [2.24, 2.45) is 5.92 Å². The second-order valence-corrected chi connectivity index (χ2v) is 8.93.